The number of rotatable bonds is 4. The first kappa shape index (κ1) is 11.0. The van der Waals surface area contributed by atoms with Gasteiger partial charge in [-0.25, -0.2) is 0 Å². The van der Waals surface area contributed by atoms with E-state index in [4.69, 9.17) is 5.21 Å². The number of amides is 1. The fourth-order valence-corrected chi connectivity index (χ4v) is 1.76. The second-order valence-electron chi connectivity index (χ2n) is 3.60. The summed E-state index contributed by atoms with van der Waals surface area (Å²) >= 11 is 0. The first-order valence-corrected chi connectivity index (χ1v) is 5.12. The molecule has 1 fully saturated rings. The highest BCUT2D eigenvalue weighted by Crippen LogP contribution is 1.93. The van der Waals surface area contributed by atoms with Crippen LogP contribution in [0.15, 0.2) is 5.16 Å². The van der Waals surface area contributed by atoms with Crippen molar-refractivity contribution in [2.24, 2.45) is 5.16 Å². The molecule has 0 bridgehead atoms. The standard InChI is InChI=1S/C9H17N3O2/c13-9(8-11-14)10-4-7-12-5-2-1-3-6-12/h8,14H,1-7H2,(H,10,13)/p+1/b11-8+. The third-order valence-corrected chi connectivity index (χ3v) is 2.51. The summed E-state index contributed by atoms with van der Waals surface area (Å²) in [7, 11) is 0. The highest BCUT2D eigenvalue weighted by Gasteiger charge is 2.12. The summed E-state index contributed by atoms with van der Waals surface area (Å²) in [5.41, 5.74) is 0. The first-order valence-electron chi connectivity index (χ1n) is 5.12. The van der Waals surface area contributed by atoms with Crippen molar-refractivity contribution in [2.45, 2.75) is 19.3 Å². The minimum absolute atomic E-state index is 0.330. The SMILES string of the molecule is O=C(/C=N/O)NCC[NH+]1CCCCC1. The van der Waals surface area contributed by atoms with Gasteiger partial charge in [0.2, 0.25) is 0 Å². The summed E-state index contributed by atoms with van der Waals surface area (Å²) in [6, 6.07) is 0. The van der Waals surface area contributed by atoms with Crippen LogP contribution >= 0.6 is 0 Å². The molecule has 3 N–H and O–H groups in total. The van der Waals surface area contributed by atoms with E-state index in [1.807, 2.05) is 0 Å². The van der Waals surface area contributed by atoms with Crippen molar-refractivity contribution < 1.29 is 14.9 Å². The zero-order valence-corrected chi connectivity index (χ0v) is 8.33. The molecule has 5 heteroatoms. The lowest BCUT2D eigenvalue weighted by Crippen LogP contribution is -3.13. The van der Waals surface area contributed by atoms with Crippen molar-refractivity contribution in [1.82, 2.24) is 5.32 Å². The van der Waals surface area contributed by atoms with E-state index < -0.39 is 0 Å². The lowest BCUT2D eigenvalue weighted by Gasteiger charge is -2.23. The van der Waals surface area contributed by atoms with Gasteiger partial charge in [-0.1, -0.05) is 5.16 Å². The Hall–Kier alpha value is -1.10. The topological polar surface area (TPSA) is 66.1 Å². The molecule has 14 heavy (non-hydrogen) atoms. The van der Waals surface area contributed by atoms with Gasteiger partial charge in [-0.2, -0.15) is 0 Å². The lowest BCUT2D eigenvalue weighted by molar-refractivity contribution is -0.903. The molecule has 0 aliphatic carbocycles. The number of carbonyl (C=O) groups is 1. The average Bonchev–Trinajstić information content (AvgIpc) is 2.20. The molecule has 0 aromatic heterocycles. The van der Waals surface area contributed by atoms with Gasteiger partial charge in [0, 0.05) is 0 Å². The van der Waals surface area contributed by atoms with Crippen LogP contribution in [-0.2, 0) is 4.79 Å². The third kappa shape index (κ3) is 4.23. The van der Waals surface area contributed by atoms with Crippen molar-refractivity contribution in [3.63, 3.8) is 0 Å². The number of carbonyl (C=O) groups excluding carboxylic acids is 1. The second kappa shape index (κ2) is 6.37. The Balaban J connectivity index is 2.05. The smallest absolute Gasteiger partial charge is 0.266 e. The van der Waals surface area contributed by atoms with E-state index in [1.165, 1.54) is 32.4 Å². The van der Waals surface area contributed by atoms with Gasteiger partial charge >= 0.3 is 0 Å². The summed E-state index contributed by atoms with van der Waals surface area (Å²) in [5.74, 6) is -0.330. The van der Waals surface area contributed by atoms with Crippen LogP contribution in [0.25, 0.3) is 0 Å². The van der Waals surface area contributed by atoms with E-state index in [9.17, 15) is 4.79 Å². The van der Waals surface area contributed by atoms with Gasteiger partial charge in [-0.05, 0) is 19.3 Å². The molecule has 0 saturated carbocycles. The maximum Gasteiger partial charge on any atom is 0.266 e. The van der Waals surface area contributed by atoms with Crippen LogP contribution < -0.4 is 10.2 Å². The van der Waals surface area contributed by atoms with Gasteiger partial charge in [0.15, 0.2) is 0 Å². The molecule has 80 valence electrons. The van der Waals surface area contributed by atoms with Crippen LogP contribution in [0.5, 0.6) is 0 Å². The average molecular weight is 200 g/mol. The minimum Gasteiger partial charge on any atom is -0.411 e. The van der Waals surface area contributed by atoms with Crippen molar-refractivity contribution >= 4 is 12.1 Å². The Bertz CT molecular complexity index is 200. The molecule has 1 heterocycles. The molecule has 1 aliphatic rings. The molecule has 5 nitrogen and oxygen atoms in total. The van der Waals surface area contributed by atoms with Crippen LogP contribution in [-0.4, -0.2) is 43.5 Å². The molecule has 1 aliphatic heterocycles. The number of quaternary nitrogens is 1. The van der Waals surface area contributed by atoms with E-state index in [-0.39, 0.29) is 5.91 Å². The summed E-state index contributed by atoms with van der Waals surface area (Å²) < 4.78 is 0. The Kier molecular flexibility index (Phi) is 4.99. The fourth-order valence-electron chi connectivity index (χ4n) is 1.76. The normalized spacial score (nSPS) is 18.6. The number of hydrogen-bond donors (Lipinski definition) is 3. The second-order valence-corrected chi connectivity index (χ2v) is 3.60. The van der Waals surface area contributed by atoms with E-state index in [0.29, 0.717) is 6.54 Å². The lowest BCUT2D eigenvalue weighted by atomic mass is 10.1. The van der Waals surface area contributed by atoms with Crippen LogP contribution in [0, 0.1) is 0 Å². The quantitative estimate of drug-likeness (QED) is 0.298. The molecule has 0 radical (unpaired) electrons. The molecule has 1 saturated heterocycles. The van der Waals surface area contributed by atoms with Gasteiger partial charge in [-0.3, -0.25) is 4.79 Å². The van der Waals surface area contributed by atoms with Gasteiger partial charge in [0.1, 0.15) is 6.21 Å². The van der Waals surface area contributed by atoms with Crippen LogP contribution in [0.4, 0.5) is 0 Å². The largest absolute Gasteiger partial charge is 0.411 e. The molecule has 1 rings (SSSR count). The summed E-state index contributed by atoms with van der Waals surface area (Å²) in [5, 5.41) is 13.4. The molecule has 0 spiro atoms. The Morgan fingerprint density at radius 3 is 2.79 bits per heavy atom. The van der Waals surface area contributed by atoms with Crippen molar-refractivity contribution in [1.29, 1.82) is 0 Å². The highest BCUT2D eigenvalue weighted by molar-refractivity contribution is 6.25. The van der Waals surface area contributed by atoms with Crippen molar-refractivity contribution in [3.8, 4) is 0 Å². The van der Waals surface area contributed by atoms with E-state index in [1.54, 1.807) is 4.90 Å². The van der Waals surface area contributed by atoms with Crippen molar-refractivity contribution in [2.75, 3.05) is 26.2 Å². The van der Waals surface area contributed by atoms with Crippen LogP contribution in [0.3, 0.4) is 0 Å². The van der Waals surface area contributed by atoms with E-state index in [2.05, 4.69) is 10.5 Å². The number of hydrogen-bond acceptors (Lipinski definition) is 3. The van der Waals surface area contributed by atoms with Gasteiger partial charge in [0.05, 0.1) is 26.2 Å². The zero-order chi connectivity index (χ0) is 10.2. The maximum absolute atomic E-state index is 10.9. The summed E-state index contributed by atoms with van der Waals surface area (Å²) in [4.78, 5) is 12.4. The van der Waals surface area contributed by atoms with E-state index in [0.717, 1.165) is 12.8 Å². The number of oxime groups is 1. The van der Waals surface area contributed by atoms with E-state index >= 15 is 0 Å². The molecular formula is C9H18N3O2+. The monoisotopic (exact) mass is 200 g/mol. The Labute approximate surface area is 83.8 Å². The van der Waals surface area contributed by atoms with Crippen LogP contribution in [0.2, 0.25) is 0 Å². The number of nitrogens with one attached hydrogen (secondary N) is 2. The summed E-state index contributed by atoms with van der Waals surface area (Å²) in [6.07, 6.45) is 4.81. The van der Waals surface area contributed by atoms with Gasteiger partial charge < -0.3 is 15.4 Å². The molecule has 0 aromatic rings. The Morgan fingerprint density at radius 1 is 1.43 bits per heavy atom. The minimum atomic E-state index is -0.330. The zero-order valence-electron chi connectivity index (χ0n) is 8.33. The molecule has 0 unspecified atom stereocenters. The predicted molar refractivity (Wildman–Crippen MR) is 52.7 cm³/mol. The van der Waals surface area contributed by atoms with Gasteiger partial charge in [-0.15, -0.1) is 0 Å². The number of likely N-dealkylation sites (tertiary alicyclic amines) is 1. The number of piperidine rings is 1. The predicted octanol–water partition coefficient (Wildman–Crippen LogP) is -1.37. The van der Waals surface area contributed by atoms with Crippen molar-refractivity contribution in [3.05, 3.63) is 0 Å². The number of nitrogens with zero attached hydrogens (tertiary/aromatic N) is 1. The molecule has 1 amide bonds. The fraction of sp³-hybridized carbons (Fsp3) is 0.778. The molecule has 0 aromatic carbocycles. The first-order chi connectivity index (χ1) is 6.83. The maximum atomic E-state index is 10.9. The highest BCUT2D eigenvalue weighted by atomic mass is 16.4. The summed E-state index contributed by atoms with van der Waals surface area (Å²) in [6.45, 7) is 4.04. The molecular weight excluding hydrogens is 182 g/mol. The van der Waals surface area contributed by atoms with Crippen LogP contribution in [0.1, 0.15) is 19.3 Å². The third-order valence-electron chi connectivity index (χ3n) is 2.51. The molecule has 0 atom stereocenters. The Morgan fingerprint density at radius 2 is 2.14 bits per heavy atom. The van der Waals surface area contributed by atoms with Gasteiger partial charge in [0.25, 0.3) is 5.91 Å².